The Hall–Kier alpha value is -0.0800. The van der Waals surface area contributed by atoms with E-state index in [-0.39, 0.29) is 0 Å². The predicted molar refractivity (Wildman–Crippen MR) is 62.6 cm³/mol. The summed E-state index contributed by atoms with van der Waals surface area (Å²) in [5.41, 5.74) is 0. The Bertz CT molecular complexity index is 145. The predicted octanol–water partition coefficient (Wildman–Crippen LogP) is 2.11. The molecule has 1 aliphatic heterocycles. The van der Waals surface area contributed by atoms with E-state index in [9.17, 15) is 0 Å². The molecule has 1 heterocycles. The van der Waals surface area contributed by atoms with E-state index in [1.54, 1.807) is 0 Å². The van der Waals surface area contributed by atoms with Crippen LogP contribution in [0.15, 0.2) is 0 Å². The molecule has 0 spiro atoms. The molecule has 1 unspecified atom stereocenters. The van der Waals surface area contributed by atoms with Crippen LogP contribution in [0.3, 0.4) is 0 Å². The Morgan fingerprint density at radius 2 is 2.21 bits per heavy atom. The summed E-state index contributed by atoms with van der Waals surface area (Å²) >= 11 is 0. The molecule has 84 valence electrons. The maximum absolute atomic E-state index is 3.47. The Morgan fingerprint density at radius 1 is 1.43 bits per heavy atom. The third-order valence-corrected chi connectivity index (χ3v) is 2.94. The second-order valence-corrected chi connectivity index (χ2v) is 5.01. The summed E-state index contributed by atoms with van der Waals surface area (Å²) in [4.78, 5) is 2.62. The molecule has 0 amide bonds. The fourth-order valence-corrected chi connectivity index (χ4v) is 2.18. The van der Waals surface area contributed by atoms with Crippen molar-refractivity contribution in [3.8, 4) is 0 Å². The van der Waals surface area contributed by atoms with Gasteiger partial charge in [-0.3, -0.25) is 0 Å². The van der Waals surface area contributed by atoms with Gasteiger partial charge in [-0.2, -0.15) is 0 Å². The van der Waals surface area contributed by atoms with E-state index in [1.807, 2.05) is 0 Å². The maximum atomic E-state index is 3.47. The highest BCUT2D eigenvalue weighted by Gasteiger charge is 2.15. The maximum Gasteiger partial charge on any atom is 0.00103 e. The van der Waals surface area contributed by atoms with Gasteiger partial charge in [0.25, 0.3) is 0 Å². The normalized spacial score (nSPS) is 24.4. The van der Waals surface area contributed by atoms with Crippen molar-refractivity contribution >= 4 is 0 Å². The van der Waals surface area contributed by atoms with Crippen LogP contribution in [0.5, 0.6) is 0 Å². The van der Waals surface area contributed by atoms with Crippen molar-refractivity contribution in [2.45, 2.75) is 46.1 Å². The number of likely N-dealkylation sites (tertiary alicyclic amines) is 1. The first-order valence-electron chi connectivity index (χ1n) is 6.14. The number of rotatable bonds is 5. The van der Waals surface area contributed by atoms with Gasteiger partial charge in [0.1, 0.15) is 0 Å². The Kier molecular flexibility index (Phi) is 5.49. The zero-order valence-corrected chi connectivity index (χ0v) is 10.1. The summed E-state index contributed by atoms with van der Waals surface area (Å²) in [6.45, 7) is 11.9. The minimum atomic E-state index is 0.635. The summed E-state index contributed by atoms with van der Waals surface area (Å²) in [5.74, 6) is 0.918. The average Bonchev–Trinajstić information content (AvgIpc) is 2.12. The smallest absolute Gasteiger partial charge is 0.00103 e. The highest BCUT2D eigenvalue weighted by atomic mass is 15.1. The fraction of sp³-hybridized carbons (Fsp3) is 1.00. The summed E-state index contributed by atoms with van der Waals surface area (Å²) in [7, 11) is 0. The van der Waals surface area contributed by atoms with Crippen molar-refractivity contribution < 1.29 is 0 Å². The van der Waals surface area contributed by atoms with E-state index in [1.165, 1.54) is 45.4 Å². The molecule has 0 bridgehead atoms. The van der Waals surface area contributed by atoms with Crippen LogP contribution in [0.2, 0.25) is 0 Å². The minimum absolute atomic E-state index is 0.635. The van der Waals surface area contributed by atoms with E-state index in [0.29, 0.717) is 6.04 Å². The monoisotopic (exact) mass is 198 g/mol. The topological polar surface area (TPSA) is 15.3 Å². The van der Waals surface area contributed by atoms with Crippen LogP contribution >= 0.6 is 0 Å². The molecule has 0 aromatic heterocycles. The SMILES string of the molecule is CC1CCCN(CCCNC(C)C)C1. The molecule has 0 radical (unpaired) electrons. The third-order valence-electron chi connectivity index (χ3n) is 2.94. The molecule has 1 N–H and O–H groups in total. The number of nitrogens with zero attached hydrogens (tertiary/aromatic N) is 1. The molecule has 14 heavy (non-hydrogen) atoms. The molecule has 2 heteroatoms. The molecule has 1 saturated heterocycles. The number of hydrogen-bond donors (Lipinski definition) is 1. The van der Waals surface area contributed by atoms with Gasteiger partial charge in [-0.05, 0) is 44.8 Å². The number of hydrogen-bond acceptors (Lipinski definition) is 2. The Morgan fingerprint density at radius 3 is 2.86 bits per heavy atom. The van der Waals surface area contributed by atoms with Crippen molar-refractivity contribution in [1.29, 1.82) is 0 Å². The van der Waals surface area contributed by atoms with Crippen molar-refractivity contribution in [1.82, 2.24) is 10.2 Å². The first-order chi connectivity index (χ1) is 6.68. The van der Waals surface area contributed by atoms with E-state index < -0.39 is 0 Å². The summed E-state index contributed by atoms with van der Waals surface area (Å²) in [6, 6.07) is 0.635. The van der Waals surface area contributed by atoms with E-state index in [4.69, 9.17) is 0 Å². The minimum Gasteiger partial charge on any atom is -0.314 e. The third kappa shape index (κ3) is 4.97. The van der Waals surface area contributed by atoms with E-state index >= 15 is 0 Å². The number of piperidine rings is 1. The van der Waals surface area contributed by atoms with Crippen LogP contribution in [0, 0.1) is 5.92 Å². The average molecular weight is 198 g/mol. The van der Waals surface area contributed by atoms with Gasteiger partial charge in [0.2, 0.25) is 0 Å². The molecular formula is C12H26N2. The lowest BCUT2D eigenvalue weighted by Crippen LogP contribution is -2.36. The lowest BCUT2D eigenvalue weighted by Gasteiger charge is -2.30. The highest BCUT2D eigenvalue weighted by molar-refractivity contribution is 4.70. The first-order valence-corrected chi connectivity index (χ1v) is 6.14. The lowest BCUT2D eigenvalue weighted by atomic mass is 10.0. The van der Waals surface area contributed by atoms with Crippen molar-refractivity contribution in [2.75, 3.05) is 26.2 Å². The molecule has 1 aliphatic rings. The van der Waals surface area contributed by atoms with Gasteiger partial charge in [-0.25, -0.2) is 0 Å². The molecule has 1 rings (SSSR count). The van der Waals surface area contributed by atoms with Gasteiger partial charge < -0.3 is 10.2 Å². The number of nitrogens with one attached hydrogen (secondary N) is 1. The molecule has 0 saturated carbocycles. The van der Waals surface area contributed by atoms with Gasteiger partial charge in [-0.1, -0.05) is 20.8 Å². The second kappa shape index (κ2) is 6.41. The standard InChI is InChI=1S/C12H26N2/c1-11(2)13-7-5-9-14-8-4-6-12(3)10-14/h11-13H,4-10H2,1-3H3. The van der Waals surface area contributed by atoms with Crippen molar-refractivity contribution in [2.24, 2.45) is 5.92 Å². The van der Waals surface area contributed by atoms with Gasteiger partial charge >= 0.3 is 0 Å². The van der Waals surface area contributed by atoms with Gasteiger partial charge in [0.15, 0.2) is 0 Å². The van der Waals surface area contributed by atoms with Crippen molar-refractivity contribution in [3.63, 3.8) is 0 Å². The van der Waals surface area contributed by atoms with E-state index in [0.717, 1.165) is 5.92 Å². The van der Waals surface area contributed by atoms with Crippen LogP contribution < -0.4 is 5.32 Å². The largest absolute Gasteiger partial charge is 0.314 e. The van der Waals surface area contributed by atoms with Crippen LogP contribution in [-0.2, 0) is 0 Å². The lowest BCUT2D eigenvalue weighted by molar-refractivity contribution is 0.181. The second-order valence-electron chi connectivity index (χ2n) is 5.01. The molecule has 0 aromatic carbocycles. The Balaban J connectivity index is 2.00. The van der Waals surface area contributed by atoms with E-state index in [2.05, 4.69) is 31.0 Å². The molecule has 2 nitrogen and oxygen atoms in total. The molecule has 0 aromatic rings. The highest BCUT2D eigenvalue weighted by Crippen LogP contribution is 2.15. The molecule has 0 aliphatic carbocycles. The van der Waals surface area contributed by atoms with Crippen LogP contribution in [0.1, 0.15) is 40.0 Å². The van der Waals surface area contributed by atoms with Crippen molar-refractivity contribution in [3.05, 3.63) is 0 Å². The zero-order valence-electron chi connectivity index (χ0n) is 10.1. The summed E-state index contributed by atoms with van der Waals surface area (Å²) in [6.07, 6.45) is 4.13. The van der Waals surface area contributed by atoms with Gasteiger partial charge in [-0.15, -0.1) is 0 Å². The molecular weight excluding hydrogens is 172 g/mol. The zero-order chi connectivity index (χ0) is 10.4. The molecule has 1 fully saturated rings. The quantitative estimate of drug-likeness (QED) is 0.681. The van der Waals surface area contributed by atoms with Gasteiger partial charge in [0, 0.05) is 12.6 Å². The van der Waals surface area contributed by atoms with Crippen LogP contribution in [-0.4, -0.2) is 37.1 Å². The first kappa shape index (κ1) is 12.0. The Labute approximate surface area is 89.1 Å². The molecule has 1 atom stereocenters. The van der Waals surface area contributed by atoms with Gasteiger partial charge in [0.05, 0.1) is 0 Å². The summed E-state index contributed by atoms with van der Waals surface area (Å²) < 4.78 is 0. The summed E-state index contributed by atoms with van der Waals surface area (Å²) in [5, 5.41) is 3.47. The van der Waals surface area contributed by atoms with Crippen LogP contribution in [0.25, 0.3) is 0 Å². The van der Waals surface area contributed by atoms with Crippen LogP contribution in [0.4, 0.5) is 0 Å². The fourth-order valence-electron chi connectivity index (χ4n) is 2.18.